The normalized spacial score (nSPS) is 24.8. The van der Waals surface area contributed by atoms with Gasteiger partial charge in [-0.2, -0.15) is 9.97 Å². The first-order valence-corrected chi connectivity index (χ1v) is 18.3. The molecular formula is C40H47F2N7O3. The quantitative estimate of drug-likeness (QED) is 0.188. The SMILES string of the molecule is C#Cc1c(F)ccc2c1N([C@H]1CCc3c(nc(OC[C@]4(C)C[C@@H](F)CN4c4ccncc4)nc3NCC3(CNC(=O)C=C)CCCC3)C1)C[C@@H](O)C2. The molecule has 0 spiro atoms. The van der Waals surface area contributed by atoms with E-state index in [-0.39, 0.29) is 48.5 Å². The Balaban J connectivity index is 1.19. The maximum atomic E-state index is 15.0. The molecular weight excluding hydrogens is 664 g/mol. The number of aliphatic hydroxyl groups is 1. The predicted octanol–water partition coefficient (Wildman–Crippen LogP) is 4.93. The van der Waals surface area contributed by atoms with E-state index in [0.29, 0.717) is 50.4 Å². The molecule has 12 heteroatoms. The Morgan fingerprint density at radius 3 is 2.71 bits per heavy atom. The Hall–Kier alpha value is -4.76. The Morgan fingerprint density at radius 2 is 1.96 bits per heavy atom. The van der Waals surface area contributed by atoms with Crippen molar-refractivity contribution in [3.8, 4) is 18.4 Å². The van der Waals surface area contributed by atoms with E-state index in [9.17, 15) is 18.7 Å². The van der Waals surface area contributed by atoms with Gasteiger partial charge in [0.1, 0.15) is 24.4 Å². The number of amides is 1. The van der Waals surface area contributed by atoms with Crippen molar-refractivity contribution in [3.05, 3.63) is 77.5 Å². The number of fused-ring (bicyclic) bond motifs is 2. The second-order valence-corrected chi connectivity index (χ2v) is 15.1. The number of aliphatic hydroxyl groups excluding tert-OH is 1. The van der Waals surface area contributed by atoms with Crippen LogP contribution < -0.4 is 25.2 Å². The van der Waals surface area contributed by atoms with Gasteiger partial charge in [0.15, 0.2) is 0 Å². The lowest BCUT2D eigenvalue weighted by molar-refractivity contribution is -0.116. The summed E-state index contributed by atoms with van der Waals surface area (Å²) in [4.78, 5) is 30.2. The number of alkyl halides is 1. The molecule has 0 radical (unpaired) electrons. The Morgan fingerprint density at radius 1 is 1.17 bits per heavy atom. The van der Waals surface area contributed by atoms with Crippen molar-refractivity contribution in [3.63, 3.8) is 0 Å². The van der Waals surface area contributed by atoms with Crippen molar-refractivity contribution in [2.45, 2.75) is 88.6 Å². The van der Waals surface area contributed by atoms with E-state index < -0.39 is 23.6 Å². The van der Waals surface area contributed by atoms with Crippen LogP contribution in [0.1, 0.15) is 67.8 Å². The van der Waals surface area contributed by atoms with Gasteiger partial charge in [0.25, 0.3) is 0 Å². The van der Waals surface area contributed by atoms with Crippen LogP contribution in [0.2, 0.25) is 0 Å². The number of rotatable bonds is 11. The van der Waals surface area contributed by atoms with Crippen molar-refractivity contribution < 1.29 is 23.4 Å². The van der Waals surface area contributed by atoms with Gasteiger partial charge >= 0.3 is 6.01 Å². The summed E-state index contributed by atoms with van der Waals surface area (Å²) in [5, 5.41) is 17.5. The van der Waals surface area contributed by atoms with E-state index in [2.05, 4.69) is 33.0 Å². The van der Waals surface area contributed by atoms with Gasteiger partial charge < -0.3 is 30.3 Å². The van der Waals surface area contributed by atoms with Crippen molar-refractivity contribution in [1.29, 1.82) is 0 Å². The Labute approximate surface area is 304 Å². The van der Waals surface area contributed by atoms with Gasteiger partial charge in [0.05, 0.1) is 28.6 Å². The molecule has 4 aliphatic rings. The number of hydrogen-bond acceptors (Lipinski definition) is 9. The van der Waals surface area contributed by atoms with Gasteiger partial charge in [-0.05, 0) is 62.4 Å². The molecule has 4 atom stereocenters. The number of nitrogens with one attached hydrogen (secondary N) is 2. The number of nitrogens with zero attached hydrogens (tertiary/aromatic N) is 5. The summed E-state index contributed by atoms with van der Waals surface area (Å²) in [5.41, 5.74) is 3.56. The third-order valence-electron chi connectivity index (χ3n) is 11.5. The number of β-amino-alcohol motifs (C(OH)–C–C–N with tert-alkyl or cyclic N) is 1. The number of aromatic nitrogens is 3. The molecule has 2 aromatic heterocycles. The highest BCUT2D eigenvalue weighted by atomic mass is 19.1. The van der Waals surface area contributed by atoms with Gasteiger partial charge in [-0.3, -0.25) is 9.78 Å². The lowest BCUT2D eigenvalue weighted by atomic mass is 9.85. The minimum atomic E-state index is -1.02. The molecule has 7 rings (SSSR count). The van der Waals surface area contributed by atoms with Crippen LogP contribution in [0.5, 0.6) is 6.01 Å². The molecule has 10 nitrogen and oxygen atoms in total. The molecule has 1 amide bonds. The fraction of sp³-hybridized carbons (Fsp3) is 0.500. The molecule has 4 heterocycles. The third-order valence-corrected chi connectivity index (χ3v) is 11.5. The maximum Gasteiger partial charge on any atom is 0.318 e. The zero-order valence-electron chi connectivity index (χ0n) is 29.7. The molecule has 2 aliphatic carbocycles. The highest BCUT2D eigenvalue weighted by Crippen LogP contribution is 2.41. The molecule has 52 heavy (non-hydrogen) atoms. The summed E-state index contributed by atoms with van der Waals surface area (Å²) in [6, 6.07) is 6.92. The summed E-state index contributed by atoms with van der Waals surface area (Å²) in [6.45, 7) is 7.45. The minimum Gasteiger partial charge on any atom is -0.461 e. The van der Waals surface area contributed by atoms with Gasteiger partial charge in [-0.1, -0.05) is 31.4 Å². The molecule has 2 aliphatic heterocycles. The van der Waals surface area contributed by atoms with Gasteiger partial charge in [0, 0.05) is 80.5 Å². The van der Waals surface area contributed by atoms with E-state index in [1.807, 2.05) is 24.0 Å². The second-order valence-electron chi connectivity index (χ2n) is 15.1. The standard InChI is InChI=1S/C40H47F2N7O3/c1-4-31-33(42)11-8-26-18-30(50)22-48(36(26)31)29-9-10-32-34(19-29)46-38(47-37(32)45-24-40(14-6-7-15-40)23-44-35(51)5-2)52-25-39(3)20-27(41)21-49(39)28-12-16-43-17-13-28/h1,5,8,11-13,16-17,27,29-30,50H,2,6-7,9-10,14-15,18-25H2,3H3,(H,44,51)(H,45,46,47)/t27-,29+,30+,39+/m1/s1. The fourth-order valence-corrected chi connectivity index (χ4v) is 8.79. The largest absolute Gasteiger partial charge is 0.461 e. The zero-order chi connectivity index (χ0) is 36.5. The summed E-state index contributed by atoms with van der Waals surface area (Å²) < 4.78 is 36.4. The van der Waals surface area contributed by atoms with E-state index in [1.54, 1.807) is 18.5 Å². The smallest absolute Gasteiger partial charge is 0.318 e. The topological polar surface area (TPSA) is 116 Å². The van der Waals surface area contributed by atoms with E-state index in [1.165, 1.54) is 12.1 Å². The second kappa shape index (κ2) is 14.7. The van der Waals surface area contributed by atoms with Crippen LogP contribution in [-0.2, 0) is 24.1 Å². The number of hydrogen-bond donors (Lipinski definition) is 3. The molecule has 274 valence electrons. The summed E-state index contributed by atoms with van der Waals surface area (Å²) in [5.74, 6) is 2.59. The molecule has 1 aromatic carbocycles. The Bertz CT molecular complexity index is 1850. The first-order valence-electron chi connectivity index (χ1n) is 18.3. The highest BCUT2D eigenvalue weighted by Gasteiger charge is 2.44. The molecule has 3 aromatic rings. The van der Waals surface area contributed by atoms with Crippen molar-refractivity contribution in [2.24, 2.45) is 5.41 Å². The number of terminal acetylenes is 1. The number of pyridine rings is 1. The van der Waals surface area contributed by atoms with Crippen LogP contribution in [0.15, 0.2) is 49.3 Å². The van der Waals surface area contributed by atoms with Gasteiger partial charge in [-0.25, -0.2) is 8.78 Å². The average molecular weight is 712 g/mol. The maximum absolute atomic E-state index is 15.0. The number of carbonyl (C=O) groups excluding carboxylic acids is 1. The lowest BCUT2D eigenvalue weighted by Gasteiger charge is -2.42. The van der Waals surface area contributed by atoms with Crippen LogP contribution in [0.3, 0.4) is 0 Å². The van der Waals surface area contributed by atoms with Crippen LogP contribution >= 0.6 is 0 Å². The summed E-state index contributed by atoms with van der Waals surface area (Å²) in [7, 11) is 0. The number of anilines is 3. The third kappa shape index (κ3) is 7.16. The Kier molecular flexibility index (Phi) is 10.1. The van der Waals surface area contributed by atoms with Gasteiger partial charge in [-0.15, -0.1) is 6.42 Å². The van der Waals surface area contributed by atoms with Crippen LogP contribution in [-0.4, -0.2) is 82.6 Å². The lowest BCUT2D eigenvalue weighted by Crippen LogP contribution is -2.48. The molecule has 0 unspecified atom stereocenters. The highest BCUT2D eigenvalue weighted by molar-refractivity contribution is 5.86. The zero-order valence-corrected chi connectivity index (χ0v) is 29.7. The molecule has 2 fully saturated rings. The number of ether oxygens (including phenoxy) is 1. The number of benzene rings is 1. The first kappa shape index (κ1) is 35.6. The minimum absolute atomic E-state index is 0.109. The number of carbonyl (C=O) groups is 1. The molecule has 3 N–H and O–H groups in total. The molecule has 1 saturated carbocycles. The van der Waals surface area contributed by atoms with Crippen LogP contribution in [0.4, 0.5) is 26.0 Å². The van der Waals surface area contributed by atoms with E-state index in [4.69, 9.17) is 21.1 Å². The summed E-state index contributed by atoms with van der Waals surface area (Å²) in [6.07, 6.45) is 15.5. The fourth-order valence-electron chi connectivity index (χ4n) is 8.79. The first-order chi connectivity index (χ1) is 25.1. The molecule has 0 bridgehead atoms. The monoisotopic (exact) mass is 711 g/mol. The van der Waals surface area contributed by atoms with Crippen LogP contribution in [0, 0.1) is 23.6 Å². The number of halogens is 2. The summed E-state index contributed by atoms with van der Waals surface area (Å²) >= 11 is 0. The van der Waals surface area contributed by atoms with Crippen molar-refractivity contribution in [1.82, 2.24) is 20.3 Å². The average Bonchev–Trinajstić information content (AvgIpc) is 3.75. The van der Waals surface area contributed by atoms with E-state index >= 15 is 0 Å². The predicted molar refractivity (Wildman–Crippen MR) is 197 cm³/mol. The van der Waals surface area contributed by atoms with Crippen molar-refractivity contribution in [2.75, 3.05) is 47.9 Å². The van der Waals surface area contributed by atoms with E-state index in [0.717, 1.165) is 54.6 Å². The van der Waals surface area contributed by atoms with Crippen LogP contribution in [0.25, 0.3) is 0 Å². The van der Waals surface area contributed by atoms with Gasteiger partial charge in [0.2, 0.25) is 5.91 Å². The molecule has 1 saturated heterocycles. The van der Waals surface area contributed by atoms with Crippen molar-refractivity contribution >= 4 is 23.1 Å².